The Bertz CT molecular complexity index is 636. The fourth-order valence-electron chi connectivity index (χ4n) is 2.35. The molecule has 0 fully saturated rings. The fraction of sp³-hybridized carbons (Fsp3) is 0.500. The van der Waals surface area contributed by atoms with E-state index < -0.39 is 0 Å². The van der Waals surface area contributed by atoms with E-state index in [0.717, 1.165) is 30.0 Å². The third-order valence-electron chi connectivity index (χ3n) is 3.95. The zero-order valence-electron chi connectivity index (χ0n) is 14.5. The molecule has 0 aliphatic carbocycles. The third-order valence-corrected chi connectivity index (χ3v) is 4.95. The van der Waals surface area contributed by atoms with Crippen LogP contribution in [0.5, 0.6) is 5.75 Å². The van der Waals surface area contributed by atoms with Crippen molar-refractivity contribution in [1.82, 2.24) is 10.2 Å². The summed E-state index contributed by atoms with van der Waals surface area (Å²) in [5.41, 5.74) is 1.27. The molecule has 1 heterocycles. The number of carbonyl (C=O) groups excluding carboxylic acids is 1. The fourth-order valence-corrected chi connectivity index (χ4v) is 3.38. The van der Waals surface area contributed by atoms with E-state index in [1.54, 1.807) is 0 Å². The first kappa shape index (κ1) is 18.4. The van der Waals surface area contributed by atoms with Gasteiger partial charge in [0, 0.05) is 5.92 Å². The molecule has 0 atom stereocenters. The van der Waals surface area contributed by atoms with Gasteiger partial charge in [-0.05, 0) is 37.0 Å². The van der Waals surface area contributed by atoms with E-state index in [0.29, 0.717) is 17.7 Å². The molecule has 0 unspecified atom stereocenters. The van der Waals surface area contributed by atoms with E-state index >= 15 is 0 Å². The van der Waals surface area contributed by atoms with Gasteiger partial charge in [-0.3, -0.25) is 4.79 Å². The van der Waals surface area contributed by atoms with Gasteiger partial charge in [0.05, 0.1) is 13.0 Å². The highest BCUT2D eigenvalue weighted by Crippen LogP contribution is 2.28. The minimum absolute atomic E-state index is 0.104. The molecule has 1 aromatic heterocycles. The summed E-state index contributed by atoms with van der Waals surface area (Å²) in [6.07, 6.45) is 3.35. The smallest absolute Gasteiger partial charge is 0.229 e. The van der Waals surface area contributed by atoms with Gasteiger partial charge in [-0.1, -0.05) is 44.2 Å². The number of amides is 1. The Balaban J connectivity index is 1.76. The lowest BCUT2D eigenvalue weighted by Gasteiger charge is -2.07. The van der Waals surface area contributed by atoms with Gasteiger partial charge < -0.3 is 10.1 Å². The van der Waals surface area contributed by atoms with Gasteiger partial charge in [0.25, 0.3) is 0 Å². The van der Waals surface area contributed by atoms with Crippen LogP contribution < -0.4 is 10.1 Å². The predicted octanol–water partition coefficient (Wildman–Crippen LogP) is 4.41. The van der Waals surface area contributed by atoms with Gasteiger partial charge in [-0.15, -0.1) is 10.2 Å². The lowest BCUT2D eigenvalue weighted by molar-refractivity contribution is -0.116. The van der Waals surface area contributed by atoms with Crippen LogP contribution in [0.1, 0.15) is 56.5 Å². The van der Waals surface area contributed by atoms with Crippen LogP contribution in [0.15, 0.2) is 24.3 Å². The molecule has 2 aromatic rings. The van der Waals surface area contributed by atoms with Crippen molar-refractivity contribution in [1.29, 1.82) is 0 Å². The van der Waals surface area contributed by atoms with Crippen LogP contribution in [-0.4, -0.2) is 22.7 Å². The number of carbonyl (C=O) groups is 1. The quantitative estimate of drug-likeness (QED) is 0.729. The second-order valence-electron chi connectivity index (χ2n) is 5.60. The van der Waals surface area contributed by atoms with Gasteiger partial charge in [-0.2, -0.15) is 0 Å². The largest absolute Gasteiger partial charge is 0.493 e. The van der Waals surface area contributed by atoms with Crippen LogP contribution >= 0.6 is 11.3 Å². The van der Waals surface area contributed by atoms with Crippen molar-refractivity contribution in [2.24, 2.45) is 0 Å². The Kier molecular flexibility index (Phi) is 7.18. The van der Waals surface area contributed by atoms with Crippen LogP contribution in [-0.2, 0) is 11.2 Å². The Morgan fingerprint density at radius 1 is 1.17 bits per heavy atom. The zero-order valence-corrected chi connectivity index (χ0v) is 15.4. The molecule has 0 saturated heterocycles. The highest BCUT2D eigenvalue weighted by Gasteiger charge is 2.14. The molecular weight excluding hydrogens is 322 g/mol. The minimum atomic E-state index is -0.104. The van der Waals surface area contributed by atoms with Gasteiger partial charge >= 0.3 is 0 Å². The van der Waals surface area contributed by atoms with Crippen molar-refractivity contribution in [3.8, 4) is 5.75 Å². The highest BCUT2D eigenvalue weighted by atomic mass is 32.1. The summed E-state index contributed by atoms with van der Waals surface area (Å²) in [7, 11) is 0. The third kappa shape index (κ3) is 5.30. The van der Waals surface area contributed by atoms with Crippen molar-refractivity contribution in [3.63, 3.8) is 0 Å². The first-order valence-corrected chi connectivity index (χ1v) is 9.32. The minimum Gasteiger partial charge on any atom is -0.493 e. The van der Waals surface area contributed by atoms with Gasteiger partial charge in [-0.25, -0.2) is 0 Å². The molecule has 130 valence electrons. The number of rotatable bonds is 9. The number of aromatic nitrogens is 2. The second kappa shape index (κ2) is 9.37. The number of hydrogen-bond acceptors (Lipinski definition) is 5. The van der Waals surface area contributed by atoms with Gasteiger partial charge in [0.1, 0.15) is 10.8 Å². The average molecular weight is 347 g/mol. The zero-order chi connectivity index (χ0) is 17.4. The average Bonchev–Trinajstić information content (AvgIpc) is 3.05. The molecule has 2 rings (SSSR count). The maximum absolute atomic E-state index is 12.0. The van der Waals surface area contributed by atoms with Crippen molar-refractivity contribution in [2.45, 2.75) is 52.4 Å². The molecule has 0 aliphatic rings. The van der Waals surface area contributed by atoms with Crippen LogP contribution in [0, 0.1) is 0 Å². The first-order valence-electron chi connectivity index (χ1n) is 8.51. The Morgan fingerprint density at radius 3 is 2.50 bits per heavy atom. The van der Waals surface area contributed by atoms with Crippen LogP contribution in [0.25, 0.3) is 0 Å². The van der Waals surface area contributed by atoms with Crippen LogP contribution in [0.3, 0.4) is 0 Å². The molecular formula is C18H25N3O2S. The van der Waals surface area contributed by atoms with Crippen LogP contribution in [0.2, 0.25) is 0 Å². The number of hydrogen-bond donors (Lipinski definition) is 1. The Hall–Kier alpha value is -1.95. The maximum atomic E-state index is 12.0. The van der Waals surface area contributed by atoms with E-state index in [9.17, 15) is 4.79 Å². The number of aryl methyl sites for hydroxylation is 1. The van der Waals surface area contributed by atoms with Gasteiger partial charge in [0.15, 0.2) is 0 Å². The number of nitrogens with zero attached hydrogens (tertiary/aromatic N) is 2. The molecule has 0 bridgehead atoms. The molecule has 1 amide bonds. The van der Waals surface area contributed by atoms with E-state index in [1.807, 2.05) is 24.3 Å². The predicted molar refractivity (Wildman–Crippen MR) is 97.8 cm³/mol. The summed E-state index contributed by atoms with van der Waals surface area (Å²) in [6.45, 7) is 6.73. The van der Waals surface area contributed by atoms with E-state index in [-0.39, 0.29) is 12.3 Å². The summed E-state index contributed by atoms with van der Waals surface area (Å²) in [5.74, 6) is 1.10. The first-order chi connectivity index (χ1) is 11.7. The number of ether oxygens (including phenoxy) is 1. The van der Waals surface area contributed by atoms with E-state index in [2.05, 4.69) is 36.3 Å². The number of anilines is 1. The van der Waals surface area contributed by atoms with Crippen molar-refractivity contribution >= 4 is 22.4 Å². The van der Waals surface area contributed by atoms with Crippen molar-refractivity contribution in [3.05, 3.63) is 34.8 Å². The summed E-state index contributed by atoms with van der Waals surface area (Å²) in [5, 5.41) is 12.6. The monoisotopic (exact) mass is 347 g/mol. The van der Waals surface area contributed by atoms with E-state index in [1.165, 1.54) is 16.9 Å². The SMILES string of the molecule is CCc1ccc(OCCC(=O)Nc2nnc(C(CC)CC)s2)cc1. The molecule has 0 spiro atoms. The summed E-state index contributed by atoms with van der Waals surface area (Å²) in [6, 6.07) is 7.94. The number of benzene rings is 1. The van der Waals surface area contributed by atoms with Crippen molar-refractivity contribution in [2.75, 3.05) is 11.9 Å². The molecule has 1 N–H and O–H groups in total. The van der Waals surface area contributed by atoms with Crippen LogP contribution in [0.4, 0.5) is 5.13 Å². The second-order valence-corrected chi connectivity index (χ2v) is 6.61. The molecule has 0 aliphatic heterocycles. The molecule has 0 saturated carbocycles. The number of nitrogens with one attached hydrogen (secondary N) is 1. The lowest BCUT2D eigenvalue weighted by Crippen LogP contribution is -2.15. The Morgan fingerprint density at radius 2 is 1.88 bits per heavy atom. The summed E-state index contributed by atoms with van der Waals surface area (Å²) >= 11 is 1.46. The summed E-state index contributed by atoms with van der Waals surface area (Å²) < 4.78 is 5.60. The highest BCUT2D eigenvalue weighted by molar-refractivity contribution is 7.15. The summed E-state index contributed by atoms with van der Waals surface area (Å²) in [4.78, 5) is 12.0. The molecule has 24 heavy (non-hydrogen) atoms. The molecule has 5 nitrogen and oxygen atoms in total. The lowest BCUT2D eigenvalue weighted by atomic mass is 10.1. The Labute approximate surface area is 147 Å². The molecule has 6 heteroatoms. The normalized spacial score (nSPS) is 10.8. The van der Waals surface area contributed by atoms with E-state index in [4.69, 9.17) is 4.74 Å². The van der Waals surface area contributed by atoms with Gasteiger partial charge in [0.2, 0.25) is 11.0 Å². The topological polar surface area (TPSA) is 64.1 Å². The molecule has 0 radical (unpaired) electrons. The maximum Gasteiger partial charge on any atom is 0.229 e. The molecule has 1 aromatic carbocycles. The standard InChI is InChI=1S/C18H25N3O2S/c1-4-13-7-9-15(10-8-13)23-12-11-16(22)19-18-21-20-17(24-18)14(5-2)6-3/h7-10,14H,4-6,11-12H2,1-3H3,(H,19,21,22). The van der Waals surface area contributed by atoms with Crippen molar-refractivity contribution < 1.29 is 9.53 Å².